The molecular weight excluding hydrogens is 725 g/mol. The molecule has 4 rings (SSSR count). The lowest BCUT2D eigenvalue weighted by Gasteiger charge is -2.29. The van der Waals surface area contributed by atoms with Gasteiger partial charge in [0.25, 0.3) is 5.89 Å². The lowest BCUT2D eigenvalue weighted by Crippen LogP contribution is -2.51. The van der Waals surface area contributed by atoms with Crippen LogP contribution in [0.15, 0.2) is 52.8 Å². The molecule has 1 aliphatic carbocycles. The highest BCUT2D eigenvalue weighted by atomic mass is 16.4. The Labute approximate surface area is 339 Å². The number of nitrogens with zero attached hydrogens (tertiary/aromatic N) is 2. The van der Waals surface area contributed by atoms with Crippen LogP contribution in [0, 0.1) is 30.6 Å². The van der Waals surface area contributed by atoms with Crippen LogP contribution in [0.5, 0.6) is 0 Å². The van der Waals surface area contributed by atoms with Crippen molar-refractivity contribution in [3.63, 3.8) is 0 Å². The fourth-order valence-corrected chi connectivity index (χ4v) is 6.81. The second kappa shape index (κ2) is 24.1. The lowest BCUT2D eigenvalue weighted by atomic mass is 9.84. The number of benzene rings is 1. The zero-order valence-corrected chi connectivity index (χ0v) is 35.8. The molecule has 1 aromatic carbocycles. The number of ketones is 2. The van der Waals surface area contributed by atoms with Crippen LogP contribution in [0.3, 0.4) is 0 Å². The van der Waals surface area contributed by atoms with Crippen molar-refractivity contribution < 1.29 is 33.5 Å². The average molecular weight is 793 g/mol. The number of unbranched alkanes of at least 4 members (excludes halogenated alkanes) is 1. The molecule has 13 nitrogen and oxygen atoms in total. The Morgan fingerprint density at radius 3 is 2.23 bits per heavy atom. The van der Waals surface area contributed by atoms with Crippen molar-refractivity contribution in [1.29, 1.82) is 0 Å². The molecule has 1 fully saturated rings. The van der Waals surface area contributed by atoms with E-state index >= 15 is 0 Å². The van der Waals surface area contributed by atoms with Gasteiger partial charge in [-0.1, -0.05) is 91.8 Å². The fourth-order valence-electron chi connectivity index (χ4n) is 6.81. The van der Waals surface area contributed by atoms with Gasteiger partial charge < -0.3 is 30.8 Å². The Kier molecular flexibility index (Phi) is 20.4. The summed E-state index contributed by atoms with van der Waals surface area (Å²) >= 11 is 0. The van der Waals surface area contributed by atoms with Gasteiger partial charge in [-0.25, -0.2) is 0 Å². The Morgan fingerprint density at radius 1 is 0.982 bits per heavy atom. The maximum Gasteiger partial charge on any atom is 0.286 e. The first kappa shape index (κ1) is 48.3. The normalized spacial score (nSPS) is 18.9. The average Bonchev–Trinajstić information content (AvgIpc) is 3.56. The Balaban J connectivity index is 0.000000416. The number of aliphatic hydroxyl groups excluding tert-OH is 1. The van der Waals surface area contributed by atoms with Gasteiger partial charge in [0.05, 0.1) is 12.1 Å². The van der Waals surface area contributed by atoms with Crippen molar-refractivity contribution in [2.45, 2.75) is 151 Å². The van der Waals surface area contributed by atoms with Crippen LogP contribution in [0.1, 0.15) is 136 Å². The Hall–Kier alpha value is -4.81. The topological polar surface area (TPSA) is 193 Å². The molecule has 0 saturated heterocycles. The number of aliphatic hydroxyl groups is 1. The van der Waals surface area contributed by atoms with Gasteiger partial charge in [-0.3, -0.25) is 24.0 Å². The number of amides is 3. The maximum atomic E-state index is 13.2. The van der Waals surface area contributed by atoms with E-state index in [1.165, 1.54) is 25.1 Å². The first-order chi connectivity index (χ1) is 27.0. The van der Waals surface area contributed by atoms with Crippen LogP contribution in [-0.4, -0.2) is 68.8 Å². The number of nitrogens with one attached hydrogen (secondary N) is 4. The number of dihydropyridines is 1. The number of aryl methyl sites for hydroxylation is 1. The molecule has 2 aliphatic rings. The summed E-state index contributed by atoms with van der Waals surface area (Å²) in [6, 6.07) is 5.94. The minimum atomic E-state index is -0.672. The van der Waals surface area contributed by atoms with Gasteiger partial charge in [0.2, 0.25) is 29.9 Å². The quantitative estimate of drug-likeness (QED) is 0.0469. The summed E-state index contributed by atoms with van der Waals surface area (Å²) in [6.07, 6.45) is 13.0. The van der Waals surface area contributed by atoms with Crippen molar-refractivity contribution in [1.82, 2.24) is 31.5 Å². The first-order valence-corrected chi connectivity index (χ1v) is 20.6. The number of allylic oxidation sites excluding steroid dienone is 1. The first-order valence-electron chi connectivity index (χ1n) is 20.6. The highest BCUT2D eigenvalue weighted by molar-refractivity contribution is 5.97. The van der Waals surface area contributed by atoms with Crippen LogP contribution >= 0.6 is 0 Å². The summed E-state index contributed by atoms with van der Waals surface area (Å²) in [4.78, 5) is 61.1. The molecule has 5 N–H and O–H groups in total. The second-order valence-electron chi connectivity index (χ2n) is 16.3. The minimum Gasteiger partial charge on any atom is -0.506 e. The predicted molar refractivity (Wildman–Crippen MR) is 223 cm³/mol. The Morgan fingerprint density at radius 2 is 1.63 bits per heavy atom. The van der Waals surface area contributed by atoms with Crippen molar-refractivity contribution in [2.75, 3.05) is 0 Å². The molecule has 57 heavy (non-hydrogen) atoms. The summed E-state index contributed by atoms with van der Waals surface area (Å²) in [5.74, 6) is 0.489. The zero-order valence-electron chi connectivity index (χ0n) is 35.8. The monoisotopic (exact) mass is 793 g/mol. The summed E-state index contributed by atoms with van der Waals surface area (Å²) in [6.45, 7) is 19.8. The van der Waals surface area contributed by atoms with E-state index in [0.29, 0.717) is 25.2 Å². The standard InChI is InChI=1S/C27H45N3O4.C15H17N3O3.C2H6/c1-18(2)24(25(33)20-11-7-6-10-19(3)16-20)29-23(32)12-8-9-15-27(4,5)30-26(34)22-14-13-21(31)17-28-22;1-9(2)12(16-8-19)13(20)15-18-17-14(21-15)11-6-4-10(3)5-7-11;1-2/h13-14,17-20,22,24,28,31H,6-12,15-16H2,1-5H3,(H,29,32)(H,30,34);4-9,12H,1-3H3,(H,16,19);1-2H3. The van der Waals surface area contributed by atoms with E-state index in [4.69, 9.17) is 4.42 Å². The molecule has 1 aliphatic heterocycles. The lowest BCUT2D eigenvalue weighted by molar-refractivity contribution is -0.131. The molecule has 5 atom stereocenters. The molecule has 2 heterocycles. The van der Waals surface area contributed by atoms with E-state index in [1.807, 2.05) is 86.6 Å². The third-order valence-corrected chi connectivity index (χ3v) is 10.1. The molecule has 5 unspecified atom stereocenters. The number of aromatic nitrogens is 2. The van der Waals surface area contributed by atoms with Gasteiger partial charge in [-0.15, -0.1) is 10.2 Å². The van der Waals surface area contributed by atoms with E-state index in [9.17, 15) is 29.1 Å². The van der Waals surface area contributed by atoms with Gasteiger partial charge in [0.15, 0.2) is 5.78 Å². The van der Waals surface area contributed by atoms with Gasteiger partial charge in [0.1, 0.15) is 11.8 Å². The number of rotatable bonds is 17. The van der Waals surface area contributed by atoms with Crippen LogP contribution in [0.4, 0.5) is 0 Å². The van der Waals surface area contributed by atoms with E-state index in [1.54, 1.807) is 6.08 Å². The zero-order chi connectivity index (χ0) is 42.7. The third kappa shape index (κ3) is 16.3. The number of carbonyl (C=O) groups excluding carboxylic acids is 5. The van der Waals surface area contributed by atoms with Crippen molar-refractivity contribution >= 4 is 29.8 Å². The van der Waals surface area contributed by atoms with Crippen LogP contribution in [0.2, 0.25) is 0 Å². The number of hydrogen-bond donors (Lipinski definition) is 5. The van der Waals surface area contributed by atoms with E-state index in [-0.39, 0.29) is 58.7 Å². The summed E-state index contributed by atoms with van der Waals surface area (Å²) in [5.41, 5.74) is 1.44. The number of Topliss-reactive ketones (excluding diaryl/α,β-unsaturated/α-hetero) is 2. The SMILES string of the molecule is CC.CC1CCCCC(C(=O)C(NC(=O)CCCCC(C)(C)NC(=O)C2C=CC(O)=CN2)C(C)C)C1.Cc1ccc(-c2nnc(C(=O)C(NC=O)C(C)C)o2)cc1. The molecule has 13 heteroatoms. The molecule has 1 aromatic heterocycles. The second-order valence-corrected chi connectivity index (χ2v) is 16.3. The smallest absolute Gasteiger partial charge is 0.286 e. The molecule has 0 bridgehead atoms. The molecule has 3 amide bonds. The largest absolute Gasteiger partial charge is 0.506 e. The fraction of sp³-hybridized carbons (Fsp3) is 0.614. The van der Waals surface area contributed by atoms with E-state index < -0.39 is 23.7 Å². The molecular formula is C44H68N6O7. The van der Waals surface area contributed by atoms with Gasteiger partial charge in [0, 0.05) is 29.6 Å². The number of hydrogen-bond acceptors (Lipinski definition) is 10. The molecule has 1 saturated carbocycles. The summed E-state index contributed by atoms with van der Waals surface area (Å²) < 4.78 is 5.42. The highest BCUT2D eigenvalue weighted by Crippen LogP contribution is 2.30. The molecule has 0 spiro atoms. The predicted octanol–water partition coefficient (Wildman–Crippen LogP) is 7.32. The van der Waals surface area contributed by atoms with Gasteiger partial charge in [-0.2, -0.15) is 0 Å². The van der Waals surface area contributed by atoms with E-state index in [0.717, 1.165) is 43.2 Å². The van der Waals surface area contributed by atoms with Crippen LogP contribution in [0.25, 0.3) is 11.5 Å². The summed E-state index contributed by atoms with van der Waals surface area (Å²) in [5, 5.41) is 28.4. The van der Waals surface area contributed by atoms with Crippen LogP contribution < -0.4 is 21.3 Å². The summed E-state index contributed by atoms with van der Waals surface area (Å²) in [7, 11) is 0. The maximum absolute atomic E-state index is 13.2. The van der Waals surface area contributed by atoms with Gasteiger partial charge in [-0.05, 0) is 88.5 Å². The van der Waals surface area contributed by atoms with Gasteiger partial charge >= 0.3 is 0 Å². The van der Waals surface area contributed by atoms with Crippen molar-refractivity contribution in [2.24, 2.45) is 23.7 Å². The number of carbonyl (C=O) groups is 5. The Bertz CT molecular complexity index is 1650. The molecule has 0 radical (unpaired) electrons. The van der Waals surface area contributed by atoms with Crippen LogP contribution in [-0.2, 0) is 19.2 Å². The van der Waals surface area contributed by atoms with Crippen molar-refractivity contribution in [3.05, 3.63) is 59.8 Å². The van der Waals surface area contributed by atoms with E-state index in [2.05, 4.69) is 38.4 Å². The minimum absolute atomic E-state index is 0.0579. The molecule has 2 aromatic rings. The molecule has 316 valence electrons. The highest BCUT2D eigenvalue weighted by Gasteiger charge is 2.32. The third-order valence-electron chi connectivity index (χ3n) is 10.1. The van der Waals surface area contributed by atoms with Crippen molar-refractivity contribution in [3.8, 4) is 11.5 Å².